The van der Waals surface area contributed by atoms with Crippen molar-refractivity contribution in [1.29, 1.82) is 0 Å². The molecule has 0 aliphatic carbocycles. The third-order valence-corrected chi connectivity index (χ3v) is 6.56. The molecule has 1 atom stereocenters. The number of hydrogen-bond donors (Lipinski definition) is 0. The van der Waals surface area contributed by atoms with Crippen LogP contribution in [0.4, 0.5) is 0 Å². The minimum absolute atomic E-state index is 0.0375. The summed E-state index contributed by atoms with van der Waals surface area (Å²) < 4.78 is 30.9. The smallest absolute Gasteiger partial charge is 0.338 e. The third-order valence-electron chi connectivity index (χ3n) is 5.56. The average Bonchev–Trinajstić information content (AvgIpc) is 2.95. The maximum atomic E-state index is 12.4. The van der Waals surface area contributed by atoms with E-state index in [2.05, 4.69) is 33.5 Å². The predicted octanol–water partition coefficient (Wildman–Crippen LogP) is 5.17. The molecular weight excluding hydrogens is 613 g/mol. The number of esters is 2. The molecule has 0 saturated carbocycles. The minimum Gasteiger partial charge on any atom is -0.756 e. The number of likely N-dealkylation sites (N-methyl/N-ethyl adjacent to an activating group) is 1. The van der Waals surface area contributed by atoms with Crippen LogP contribution >= 0.6 is 7.82 Å². The largest absolute Gasteiger partial charge is 0.756 e. The van der Waals surface area contributed by atoms with Gasteiger partial charge >= 0.3 is 11.9 Å². The van der Waals surface area contributed by atoms with Gasteiger partial charge in [0.15, 0.2) is 11.6 Å². The Morgan fingerprint density at radius 2 is 1.30 bits per heavy atom. The van der Waals surface area contributed by atoms with E-state index in [0.717, 1.165) is 5.56 Å². The normalized spacial score (nSPS) is 11.7. The van der Waals surface area contributed by atoms with Crippen molar-refractivity contribution in [1.82, 2.24) is 0 Å². The van der Waals surface area contributed by atoms with Gasteiger partial charge in [0.1, 0.15) is 25.5 Å². The van der Waals surface area contributed by atoms with E-state index < -0.39 is 19.8 Å². The zero-order valence-electron chi connectivity index (χ0n) is 28.0. The van der Waals surface area contributed by atoms with Gasteiger partial charge < -0.3 is 27.9 Å². The molecule has 0 bridgehead atoms. The van der Waals surface area contributed by atoms with Crippen molar-refractivity contribution in [3.8, 4) is 5.75 Å². The van der Waals surface area contributed by atoms with Crippen LogP contribution in [0.5, 0.6) is 5.75 Å². The van der Waals surface area contributed by atoms with E-state index in [1.54, 1.807) is 44.2 Å². The van der Waals surface area contributed by atoms with Crippen molar-refractivity contribution in [2.45, 2.75) is 34.6 Å². The molecule has 2 rings (SSSR count). The summed E-state index contributed by atoms with van der Waals surface area (Å²) in [7, 11) is 1.41. The van der Waals surface area contributed by atoms with Crippen molar-refractivity contribution in [2.75, 3.05) is 47.5 Å². The van der Waals surface area contributed by atoms with E-state index in [4.69, 9.17) is 4.74 Å². The summed E-state index contributed by atoms with van der Waals surface area (Å²) in [6, 6.07) is 14.0. The molecule has 0 spiro atoms. The number of ketones is 2. The lowest BCUT2D eigenvalue weighted by molar-refractivity contribution is -0.870. The van der Waals surface area contributed by atoms with Gasteiger partial charge in [-0.1, -0.05) is 50.1 Å². The van der Waals surface area contributed by atoms with Crippen LogP contribution in [0.15, 0.2) is 85.0 Å². The van der Waals surface area contributed by atoms with Gasteiger partial charge in [-0.2, -0.15) is 0 Å². The molecule has 46 heavy (non-hydrogen) atoms. The molecule has 11 nitrogen and oxygen atoms in total. The highest BCUT2D eigenvalue weighted by molar-refractivity contribution is 7.45. The van der Waals surface area contributed by atoms with E-state index in [0.29, 0.717) is 39.1 Å². The second-order valence-electron chi connectivity index (χ2n) is 11.2. The summed E-state index contributed by atoms with van der Waals surface area (Å²) in [6.45, 7) is 18.5. The Balaban J connectivity index is 0.000000752. The van der Waals surface area contributed by atoms with Crippen LogP contribution in [-0.4, -0.2) is 75.5 Å². The van der Waals surface area contributed by atoms with Crippen LogP contribution < -0.4 is 9.63 Å². The number of quaternary nitrogens is 1. The van der Waals surface area contributed by atoms with E-state index in [-0.39, 0.29) is 37.0 Å². The van der Waals surface area contributed by atoms with Gasteiger partial charge in [-0.05, 0) is 64.0 Å². The summed E-state index contributed by atoms with van der Waals surface area (Å²) in [5, 5.41) is 0. The van der Waals surface area contributed by atoms with Crippen LogP contribution in [0.3, 0.4) is 0 Å². The van der Waals surface area contributed by atoms with Crippen LogP contribution in [0.2, 0.25) is 0 Å². The molecular formula is C34H46NO10P. The number of Topliss-reactive ketones (excluding diaryl/α,β-unsaturated/α-hetero) is 1. The van der Waals surface area contributed by atoms with Crippen LogP contribution in [0.25, 0.3) is 0 Å². The van der Waals surface area contributed by atoms with Crippen molar-refractivity contribution in [2.24, 2.45) is 0 Å². The second kappa shape index (κ2) is 20.2. The molecule has 0 aliphatic heterocycles. The highest BCUT2D eigenvalue weighted by atomic mass is 31.2. The average molecular weight is 660 g/mol. The number of carbonyl (C=O) groups excluding carboxylic acids is 4. The molecule has 252 valence electrons. The number of rotatable bonds is 14. The number of aryl methyl sites for hydroxylation is 1. The summed E-state index contributed by atoms with van der Waals surface area (Å²) >= 11 is 0. The summed E-state index contributed by atoms with van der Waals surface area (Å²) in [4.78, 5) is 56.2. The Bertz CT molecular complexity index is 1430. The number of nitrogens with zero attached hydrogens (tertiary/aromatic N) is 1. The summed E-state index contributed by atoms with van der Waals surface area (Å²) in [5.74, 6) is -0.641. The van der Waals surface area contributed by atoms with Gasteiger partial charge in [0.25, 0.3) is 7.82 Å². The Hall–Kier alpha value is -3.99. The van der Waals surface area contributed by atoms with Crippen molar-refractivity contribution >= 4 is 31.3 Å². The van der Waals surface area contributed by atoms with Gasteiger partial charge in [0.05, 0.1) is 27.7 Å². The monoisotopic (exact) mass is 659 g/mol. The third kappa shape index (κ3) is 18.7. The van der Waals surface area contributed by atoms with Gasteiger partial charge in [-0.15, -0.1) is 0 Å². The Morgan fingerprint density at radius 3 is 1.76 bits per heavy atom. The highest BCUT2D eigenvalue weighted by Gasteiger charge is 2.15. The van der Waals surface area contributed by atoms with E-state index in [1.165, 1.54) is 13.8 Å². The number of hydrogen-bond acceptors (Lipinski definition) is 10. The van der Waals surface area contributed by atoms with Gasteiger partial charge in [-0.25, -0.2) is 9.59 Å². The SMILES string of the molecule is C=C(C)C(=O)OCCOP(=O)([O-])OCC[N+](C)(C)C.C=C(C)C(=O)Oc1ccc(C(=O)c2ccccc2)c(C)c1.C=C(C)C(C)=O. The van der Waals surface area contributed by atoms with Crippen LogP contribution in [0.1, 0.15) is 49.2 Å². The maximum absolute atomic E-state index is 12.4. The number of carbonyl (C=O) groups is 4. The molecule has 0 aliphatic rings. The Labute approximate surface area is 272 Å². The Kier molecular flexibility index (Phi) is 18.4. The van der Waals surface area contributed by atoms with Crippen LogP contribution in [0, 0.1) is 6.92 Å². The fourth-order valence-electron chi connectivity index (χ4n) is 2.76. The molecule has 0 amide bonds. The highest BCUT2D eigenvalue weighted by Crippen LogP contribution is 2.37. The van der Waals surface area contributed by atoms with E-state index >= 15 is 0 Å². The maximum Gasteiger partial charge on any atom is 0.338 e. The zero-order valence-corrected chi connectivity index (χ0v) is 28.9. The predicted molar refractivity (Wildman–Crippen MR) is 175 cm³/mol. The lowest BCUT2D eigenvalue weighted by Gasteiger charge is -2.27. The first-order valence-electron chi connectivity index (χ1n) is 14.1. The fourth-order valence-corrected chi connectivity index (χ4v) is 3.44. The second-order valence-corrected chi connectivity index (χ2v) is 12.6. The molecule has 0 fully saturated rings. The van der Waals surface area contributed by atoms with Crippen molar-refractivity contribution in [3.05, 3.63) is 102 Å². The summed E-state index contributed by atoms with van der Waals surface area (Å²) in [5.41, 5.74) is 3.18. The molecule has 1 unspecified atom stereocenters. The Morgan fingerprint density at radius 1 is 0.783 bits per heavy atom. The van der Waals surface area contributed by atoms with E-state index in [9.17, 15) is 28.6 Å². The number of ether oxygens (including phenoxy) is 2. The first kappa shape index (κ1) is 42.0. The lowest BCUT2D eigenvalue weighted by Crippen LogP contribution is -2.37. The summed E-state index contributed by atoms with van der Waals surface area (Å²) in [6.07, 6.45) is 0. The zero-order chi connectivity index (χ0) is 35.7. The standard InChI is InChI=1S/C18H16O3.C11H22NO6P.C5H8O/c1-12(2)18(20)21-15-9-10-16(13(3)11-15)17(19)14-7-5-4-6-8-14;1-10(2)11(13)16-8-9-18-19(14,15)17-7-6-12(3,4)5;1-4(2)5(3)6/h4-11H,1H2,2-3H3;1,6-9H2,2-5H3;1H2,2-3H3. The molecule has 2 aromatic carbocycles. The lowest BCUT2D eigenvalue weighted by atomic mass is 9.99. The first-order chi connectivity index (χ1) is 21.2. The van der Waals surface area contributed by atoms with Crippen molar-refractivity contribution in [3.63, 3.8) is 0 Å². The van der Waals surface area contributed by atoms with E-state index in [1.807, 2.05) is 46.3 Å². The molecule has 0 aromatic heterocycles. The van der Waals surface area contributed by atoms with Crippen LogP contribution in [-0.2, 0) is 32.7 Å². The minimum atomic E-state index is -4.34. The number of phosphoric acid groups is 1. The molecule has 0 radical (unpaired) electrons. The molecule has 12 heteroatoms. The molecule has 2 aromatic rings. The molecule has 0 saturated heterocycles. The first-order valence-corrected chi connectivity index (χ1v) is 15.6. The number of benzene rings is 2. The number of phosphoric ester groups is 1. The van der Waals surface area contributed by atoms with Gasteiger partial charge in [-0.3, -0.25) is 14.2 Å². The number of allylic oxidation sites excluding steroid dienone is 1. The van der Waals surface area contributed by atoms with Gasteiger partial charge in [0.2, 0.25) is 0 Å². The van der Waals surface area contributed by atoms with Gasteiger partial charge in [0, 0.05) is 22.3 Å². The quantitative estimate of drug-likeness (QED) is 0.0506. The topological polar surface area (TPSA) is 145 Å². The fraction of sp³-hybridized carbons (Fsp3) is 0.353. The molecule has 0 N–H and O–H groups in total. The molecule has 0 heterocycles. The van der Waals surface area contributed by atoms with Crippen molar-refractivity contribution < 1.29 is 51.6 Å².